The molecule has 0 bridgehead atoms. The zero-order valence-corrected chi connectivity index (χ0v) is 21.1. The molecule has 4 unspecified atom stereocenters. The first-order chi connectivity index (χ1) is 18.6. The number of morpholine rings is 1. The number of hydrogen-bond acceptors (Lipinski definition) is 10. The Morgan fingerprint density at radius 2 is 1.79 bits per heavy atom. The van der Waals surface area contributed by atoms with Gasteiger partial charge in [0.25, 0.3) is 5.91 Å². The fraction of sp³-hybridized carbons (Fsp3) is 0.481. The summed E-state index contributed by atoms with van der Waals surface area (Å²) in [5, 5.41) is 45.0. The van der Waals surface area contributed by atoms with Crippen LogP contribution in [-0.4, -0.2) is 93.2 Å². The lowest BCUT2D eigenvalue weighted by Gasteiger charge is -2.51. The van der Waals surface area contributed by atoms with Gasteiger partial charge in [0.05, 0.1) is 24.8 Å². The van der Waals surface area contributed by atoms with Gasteiger partial charge in [-0.25, -0.2) is 0 Å². The molecule has 1 aromatic carbocycles. The highest BCUT2D eigenvalue weighted by molar-refractivity contribution is 6.24. The van der Waals surface area contributed by atoms with E-state index in [0.29, 0.717) is 56.9 Å². The second kappa shape index (κ2) is 8.90. The number of carbonyl (C=O) groups is 4. The standard InChI is InChI=1S/C27H29N3O9/c28-26(37)20-23(34)21(29-6-8-39-9-7-29)14-11-12-10-13-15(30-5-1-2-17(30)32)3-4-16(31)19(13)22(33)18(12)24(35)27(14,38)25(20)36/h3-4,12,14,21,31,33,36,38H,1-2,5-11H2,(H2,28,37). The van der Waals surface area contributed by atoms with Crippen LogP contribution >= 0.6 is 0 Å². The molecule has 39 heavy (non-hydrogen) atoms. The zero-order valence-electron chi connectivity index (χ0n) is 21.1. The van der Waals surface area contributed by atoms with Crippen LogP contribution in [0.3, 0.4) is 0 Å². The Hall–Kier alpha value is -3.74. The predicted molar refractivity (Wildman–Crippen MR) is 135 cm³/mol. The number of nitrogens with two attached hydrogens (primary N) is 1. The van der Waals surface area contributed by atoms with Gasteiger partial charge in [-0.3, -0.25) is 24.1 Å². The molecule has 1 aromatic rings. The number of carbonyl (C=O) groups excluding carboxylic acids is 4. The summed E-state index contributed by atoms with van der Waals surface area (Å²) in [5.74, 6) is -7.07. The molecule has 6 rings (SSSR count). The number of ether oxygens (including phenoxy) is 1. The third-order valence-electron chi connectivity index (χ3n) is 8.83. The summed E-state index contributed by atoms with van der Waals surface area (Å²) >= 11 is 0. The molecule has 1 saturated carbocycles. The van der Waals surface area contributed by atoms with Crippen LogP contribution < -0.4 is 10.6 Å². The lowest BCUT2D eigenvalue weighted by molar-refractivity contribution is -0.157. The van der Waals surface area contributed by atoms with Crippen LogP contribution in [0.2, 0.25) is 0 Å². The van der Waals surface area contributed by atoms with E-state index in [0.717, 1.165) is 0 Å². The smallest absolute Gasteiger partial charge is 0.255 e. The topological polar surface area (TPSA) is 191 Å². The number of aliphatic hydroxyl groups is 3. The third-order valence-corrected chi connectivity index (χ3v) is 8.83. The molecule has 0 radical (unpaired) electrons. The summed E-state index contributed by atoms with van der Waals surface area (Å²) in [6.07, 6.45) is 1.17. The van der Waals surface area contributed by atoms with E-state index < -0.39 is 58.0 Å². The number of primary amides is 1. The van der Waals surface area contributed by atoms with Crippen molar-refractivity contribution in [3.05, 3.63) is 40.2 Å². The van der Waals surface area contributed by atoms with E-state index in [2.05, 4.69) is 0 Å². The highest BCUT2D eigenvalue weighted by atomic mass is 16.5. The van der Waals surface area contributed by atoms with Gasteiger partial charge in [-0.05, 0) is 42.9 Å². The van der Waals surface area contributed by atoms with Crippen molar-refractivity contribution in [3.8, 4) is 5.75 Å². The highest BCUT2D eigenvalue weighted by Crippen LogP contribution is 2.54. The van der Waals surface area contributed by atoms with Gasteiger partial charge in [-0.15, -0.1) is 0 Å². The highest BCUT2D eigenvalue weighted by Gasteiger charge is 2.64. The maximum Gasteiger partial charge on any atom is 0.255 e. The molecular weight excluding hydrogens is 510 g/mol. The SMILES string of the molecule is NC(=O)C1=C(O)C2(O)C(=O)C3=C(O)c4c(O)ccc(N5CCCC5=O)c4CC3CC2C(N2CCOCC2)C1=O. The van der Waals surface area contributed by atoms with E-state index in [4.69, 9.17) is 10.5 Å². The van der Waals surface area contributed by atoms with Crippen LogP contribution in [-0.2, 0) is 30.3 Å². The van der Waals surface area contributed by atoms with Crippen molar-refractivity contribution >= 4 is 34.8 Å². The predicted octanol–water partition coefficient (Wildman–Crippen LogP) is -0.139. The van der Waals surface area contributed by atoms with Gasteiger partial charge >= 0.3 is 0 Å². The Balaban J connectivity index is 1.53. The molecule has 12 nitrogen and oxygen atoms in total. The normalized spacial score (nSPS) is 31.4. The molecule has 4 atom stereocenters. The zero-order chi connectivity index (χ0) is 27.8. The average molecular weight is 540 g/mol. The van der Waals surface area contributed by atoms with Crippen molar-refractivity contribution in [1.82, 2.24) is 4.90 Å². The van der Waals surface area contributed by atoms with Crippen molar-refractivity contribution < 1.29 is 44.3 Å². The van der Waals surface area contributed by atoms with Gasteiger partial charge in [0.2, 0.25) is 11.7 Å². The largest absolute Gasteiger partial charge is 0.508 e. The van der Waals surface area contributed by atoms with Crippen molar-refractivity contribution in [2.75, 3.05) is 37.7 Å². The maximum absolute atomic E-state index is 14.0. The summed E-state index contributed by atoms with van der Waals surface area (Å²) in [4.78, 5) is 55.7. The van der Waals surface area contributed by atoms with Crippen molar-refractivity contribution in [3.63, 3.8) is 0 Å². The number of benzene rings is 1. The quantitative estimate of drug-likeness (QED) is 0.323. The van der Waals surface area contributed by atoms with Crippen LogP contribution in [0.25, 0.3) is 5.76 Å². The van der Waals surface area contributed by atoms with E-state index in [1.165, 1.54) is 6.07 Å². The molecular formula is C27H29N3O9. The summed E-state index contributed by atoms with van der Waals surface area (Å²) < 4.78 is 5.39. The first kappa shape index (κ1) is 25.5. The van der Waals surface area contributed by atoms with Crippen molar-refractivity contribution in [2.45, 2.75) is 37.3 Å². The van der Waals surface area contributed by atoms with Crippen molar-refractivity contribution in [1.29, 1.82) is 0 Å². The first-order valence-electron chi connectivity index (χ1n) is 13.0. The number of anilines is 1. The Bertz CT molecular complexity index is 1390. The number of fused-ring (bicyclic) bond motifs is 3. The third kappa shape index (κ3) is 3.48. The molecule has 206 valence electrons. The number of aliphatic hydroxyl groups excluding tert-OH is 2. The second-order valence-corrected chi connectivity index (χ2v) is 10.8. The summed E-state index contributed by atoms with van der Waals surface area (Å²) in [7, 11) is 0. The van der Waals surface area contributed by atoms with Crippen LogP contribution in [0.4, 0.5) is 5.69 Å². The van der Waals surface area contributed by atoms with Crippen LogP contribution in [0.15, 0.2) is 29.0 Å². The minimum absolute atomic E-state index is 0.00597. The average Bonchev–Trinajstić information content (AvgIpc) is 3.32. The first-order valence-corrected chi connectivity index (χ1v) is 13.0. The van der Waals surface area contributed by atoms with E-state index in [1.54, 1.807) is 15.9 Å². The number of rotatable bonds is 3. The molecule has 2 heterocycles. The molecule has 2 amide bonds. The Labute approximate surface area is 222 Å². The lowest BCUT2D eigenvalue weighted by Crippen LogP contribution is -2.67. The van der Waals surface area contributed by atoms with Gasteiger partial charge in [0.15, 0.2) is 11.4 Å². The molecule has 0 aromatic heterocycles. The van der Waals surface area contributed by atoms with E-state index in [9.17, 15) is 39.6 Å². The number of hydrogen-bond donors (Lipinski definition) is 5. The molecule has 5 aliphatic rings. The summed E-state index contributed by atoms with van der Waals surface area (Å²) in [5.41, 5.74) is 2.65. The molecule has 6 N–H and O–H groups in total. The number of phenolic OH excluding ortho intramolecular Hbond substituents is 1. The second-order valence-electron chi connectivity index (χ2n) is 10.8. The Morgan fingerprint density at radius 3 is 2.44 bits per heavy atom. The summed E-state index contributed by atoms with van der Waals surface area (Å²) in [6.45, 7) is 1.64. The van der Waals surface area contributed by atoms with E-state index in [1.807, 2.05) is 0 Å². The van der Waals surface area contributed by atoms with Gasteiger partial charge in [-0.2, -0.15) is 0 Å². The van der Waals surface area contributed by atoms with Crippen LogP contribution in [0.1, 0.15) is 30.4 Å². The molecule has 3 fully saturated rings. The number of nitrogens with zero attached hydrogens (tertiary/aromatic N) is 2. The Morgan fingerprint density at radius 1 is 1.08 bits per heavy atom. The minimum atomic E-state index is -2.70. The van der Waals surface area contributed by atoms with Crippen LogP contribution in [0.5, 0.6) is 5.75 Å². The lowest BCUT2D eigenvalue weighted by atomic mass is 9.57. The van der Waals surface area contributed by atoms with Gasteiger partial charge in [-0.1, -0.05) is 0 Å². The van der Waals surface area contributed by atoms with Gasteiger partial charge < -0.3 is 35.8 Å². The minimum Gasteiger partial charge on any atom is -0.508 e. The van der Waals surface area contributed by atoms with Gasteiger partial charge in [0, 0.05) is 43.2 Å². The monoisotopic (exact) mass is 539 g/mol. The Kier molecular flexibility index (Phi) is 5.83. The molecule has 0 spiro atoms. The molecule has 2 saturated heterocycles. The van der Waals surface area contributed by atoms with Gasteiger partial charge in [0.1, 0.15) is 22.8 Å². The van der Waals surface area contributed by atoms with Crippen molar-refractivity contribution in [2.24, 2.45) is 17.6 Å². The van der Waals surface area contributed by atoms with Crippen LogP contribution in [0, 0.1) is 11.8 Å². The number of Topliss-reactive ketones (excluding diaryl/α,β-unsaturated/α-hetero) is 2. The molecule has 2 aliphatic heterocycles. The molecule has 3 aliphatic carbocycles. The molecule has 12 heteroatoms. The van der Waals surface area contributed by atoms with E-state index >= 15 is 0 Å². The summed E-state index contributed by atoms with van der Waals surface area (Å²) in [6, 6.07) is 1.79. The number of aromatic hydroxyl groups is 1. The fourth-order valence-corrected chi connectivity index (χ4v) is 7.06. The maximum atomic E-state index is 14.0. The fourth-order valence-electron chi connectivity index (χ4n) is 7.06. The number of phenols is 1. The number of ketones is 2. The number of amides is 2. The van der Waals surface area contributed by atoms with E-state index in [-0.39, 0.29) is 35.6 Å².